The minimum atomic E-state index is 0.781. The van der Waals surface area contributed by atoms with Gasteiger partial charge in [-0.1, -0.05) is 30.3 Å². The van der Waals surface area contributed by atoms with E-state index in [1.54, 1.807) is 0 Å². The third-order valence-corrected chi connectivity index (χ3v) is 3.70. The zero-order valence-electron chi connectivity index (χ0n) is 14.6. The summed E-state index contributed by atoms with van der Waals surface area (Å²) in [5, 5.41) is 3.41. The van der Waals surface area contributed by atoms with Crippen molar-refractivity contribution in [3.63, 3.8) is 0 Å². The highest BCUT2D eigenvalue weighted by molar-refractivity contribution is 5.64. The Bertz CT molecular complexity index is 594. The van der Waals surface area contributed by atoms with Crippen molar-refractivity contribution >= 4 is 11.8 Å². The molecule has 0 bridgehead atoms. The van der Waals surface area contributed by atoms with E-state index in [2.05, 4.69) is 60.2 Å². The van der Waals surface area contributed by atoms with E-state index in [4.69, 9.17) is 4.98 Å². The Labute approximate surface area is 139 Å². The molecule has 0 unspecified atom stereocenters. The maximum Gasteiger partial charge on any atom is 0.227 e. The van der Waals surface area contributed by atoms with Gasteiger partial charge < -0.3 is 15.1 Å². The smallest absolute Gasteiger partial charge is 0.227 e. The standard InChI is InChI=1S/C18H27N5/c1-5-23(6-2)18-20-16(15-10-8-7-9-11-15)14-17(21-18)19-12-13-22(3)4/h7-11,14H,5-6,12-13H2,1-4H3,(H,19,20,21). The maximum atomic E-state index is 4.75. The van der Waals surface area contributed by atoms with Crippen molar-refractivity contribution in [3.8, 4) is 11.3 Å². The Balaban J connectivity index is 2.31. The van der Waals surface area contributed by atoms with E-state index in [0.29, 0.717) is 0 Å². The van der Waals surface area contributed by atoms with Gasteiger partial charge in [0.15, 0.2) is 0 Å². The van der Waals surface area contributed by atoms with E-state index < -0.39 is 0 Å². The van der Waals surface area contributed by atoms with E-state index in [9.17, 15) is 0 Å². The average Bonchev–Trinajstić information content (AvgIpc) is 2.56. The largest absolute Gasteiger partial charge is 0.369 e. The lowest BCUT2D eigenvalue weighted by Crippen LogP contribution is -2.25. The second-order valence-corrected chi connectivity index (χ2v) is 5.71. The number of anilines is 2. The molecule has 5 heteroatoms. The summed E-state index contributed by atoms with van der Waals surface area (Å²) in [7, 11) is 4.14. The molecule has 0 aliphatic carbocycles. The van der Waals surface area contributed by atoms with Gasteiger partial charge in [0, 0.05) is 37.8 Å². The molecule has 0 saturated heterocycles. The third-order valence-electron chi connectivity index (χ3n) is 3.70. The van der Waals surface area contributed by atoms with Crippen LogP contribution in [-0.4, -0.2) is 55.1 Å². The van der Waals surface area contributed by atoms with Gasteiger partial charge in [-0.2, -0.15) is 4.98 Å². The number of hydrogen-bond acceptors (Lipinski definition) is 5. The highest BCUT2D eigenvalue weighted by atomic mass is 15.3. The SMILES string of the molecule is CCN(CC)c1nc(NCCN(C)C)cc(-c2ccccc2)n1. The summed E-state index contributed by atoms with van der Waals surface area (Å²) >= 11 is 0. The van der Waals surface area contributed by atoms with Gasteiger partial charge in [0.1, 0.15) is 5.82 Å². The molecule has 5 nitrogen and oxygen atoms in total. The Morgan fingerprint density at radius 2 is 1.70 bits per heavy atom. The number of nitrogens with zero attached hydrogens (tertiary/aromatic N) is 4. The molecule has 0 radical (unpaired) electrons. The Kier molecular flexibility index (Phi) is 6.35. The average molecular weight is 313 g/mol. The monoisotopic (exact) mass is 313 g/mol. The topological polar surface area (TPSA) is 44.3 Å². The summed E-state index contributed by atoms with van der Waals surface area (Å²) in [6.07, 6.45) is 0. The number of hydrogen-bond donors (Lipinski definition) is 1. The molecule has 0 spiro atoms. The van der Waals surface area contributed by atoms with Gasteiger partial charge in [-0.25, -0.2) is 4.98 Å². The summed E-state index contributed by atoms with van der Waals surface area (Å²) in [5.74, 6) is 1.66. The third kappa shape index (κ3) is 4.93. The first-order valence-corrected chi connectivity index (χ1v) is 8.22. The molecule has 0 aliphatic heterocycles. The molecule has 23 heavy (non-hydrogen) atoms. The van der Waals surface area contributed by atoms with Crippen molar-refractivity contribution in [3.05, 3.63) is 36.4 Å². The van der Waals surface area contributed by atoms with Crippen LogP contribution in [0.15, 0.2) is 36.4 Å². The number of nitrogens with one attached hydrogen (secondary N) is 1. The van der Waals surface area contributed by atoms with Gasteiger partial charge >= 0.3 is 0 Å². The molecular weight excluding hydrogens is 286 g/mol. The van der Waals surface area contributed by atoms with Crippen molar-refractivity contribution < 1.29 is 0 Å². The molecule has 0 atom stereocenters. The second-order valence-electron chi connectivity index (χ2n) is 5.71. The van der Waals surface area contributed by atoms with Crippen molar-refractivity contribution in [2.24, 2.45) is 0 Å². The molecule has 0 saturated carbocycles. The molecule has 2 aromatic rings. The lowest BCUT2D eigenvalue weighted by molar-refractivity contribution is 0.425. The first-order chi connectivity index (χ1) is 11.1. The zero-order chi connectivity index (χ0) is 16.7. The number of likely N-dealkylation sites (N-methyl/N-ethyl adjacent to an activating group) is 1. The first-order valence-electron chi connectivity index (χ1n) is 8.22. The lowest BCUT2D eigenvalue weighted by atomic mass is 10.1. The maximum absolute atomic E-state index is 4.75. The van der Waals surface area contributed by atoms with Gasteiger partial charge in [-0.3, -0.25) is 0 Å². The van der Waals surface area contributed by atoms with Crippen LogP contribution in [0.2, 0.25) is 0 Å². The predicted octanol–water partition coefficient (Wildman–Crippen LogP) is 2.96. The van der Waals surface area contributed by atoms with Crippen LogP contribution in [0.4, 0.5) is 11.8 Å². The van der Waals surface area contributed by atoms with Crippen LogP contribution in [0.3, 0.4) is 0 Å². The van der Waals surface area contributed by atoms with Crippen LogP contribution < -0.4 is 10.2 Å². The Morgan fingerprint density at radius 1 is 1.00 bits per heavy atom. The van der Waals surface area contributed by atoms with Crippen LogP contribution in [0.1, 0.15) is 13.8 Å². The predicted molar refractivity (Wildman–Crippen MR) is 98.1 cm³/mol. The highest BCUT2D eigenvalue weighted by Gasteiger charge is 2.11. The molecule has 0 amide bonds. The van der Waals surface area contributed by atoms with Crippen LogP contribution in [0.5, 0.6) is 0 Å². The van der Waals surface area contributed by atoms with Crippen molar-refractivity contribution in [1.82, 2.24) is 14.9 Å². The highest BCUT2D eigenvalue weighted by Crippen LogP contribution is 2.22. The van der Waals surface area contributed by atoms with E-state index in [-0.39, 0.29) is 0 Å². The first kappa shape index (κ1) is 17.2. The molecular formula is C18H27N5. The summed E-state index contributed by atoms with van der Waals surface area (Å²) in [6.45, 7) is 7.86. The Hall–Kier alpha value is -2.14. The molecule has 124 valence electrons. The zero-order valence-corrected chi connectivity index (χ0v) is 14.6. The van der Waals surface area contributed by atoms with Crippen molar-refractivity contribution in [2.45, 2.75) is 13.8 Å². The molecule has 1 aromatic heterocycles. The number of aromatic nitrogens is 2. The second kappa shape index (κ2) is 8.48. The van der Waals surface area contributed by atoms with E-state index >= 15 is 0 Å². The summed E-state index contributed by atoms with van der Waals surface area (Å²) < 4.78 is 0. The van der Waals surface area contributed by atoms with E-state index in [1.807, 2.05) is 24.3 Å². The molecule has 1 N–H and O–H groups in total. The fourth-order valence-electron chi connectivity index (χ4n) is 2.34. The minimum absolute atomic E-state index is 0.781. The molecule has 2 rings (SSSR count). The lowest BCUT2D eigenvalue weighted by Gasteiger charge is -2.20. The number of benzene rings is 1. The van der Waals surface area contributed by atoms with Crippen LogP contribution in [0.25, 0.3) is 11.3 Å². The normalized spacial score (nSPS) is 10.8. The van der Waals surface area contributed by atoms with Crippen LogP contribution in [-0.2, 0) is 0 Å². The van der Waals surface area contributed by atoms with Crippen molar-refractivity contribution in [1.29, 1.82) is 0 Å². The fraction of sp³-hybridized carbons (Fsp3) is 0.444. The Morgan fingerprint density at radius 3 is 2.30 bits per heavy atom. The van der Waals surface area contributed by atoms with Crippen LogP contribution in [0, 0.1) is 0 Å². The van der Waals surface area contributed by atoms with Crippen LogP contribution >= 0.6 is 0 Å². The van der Waals surface area contributed by atoms with Gasteiger partial charge in [0.2, 0.25) is 5.95 Å². The minimum Gasteiger partial charge on any atom is -0.369 e. The molecule has 1 aromatic carbocycles. The van der Waals surface area contributed by atoms with Gasteiger partial charge in [-0.15, -0.1) is 0 Å². The van der Waals surface area contributed by atoms with Gasteiger partial charge in [0.25, 0.3) is 0 Å². The molecule has 1 heterocycles. The van der Waals surface area contributed by atoms with Crippen molar-refractivity contribution in [2.75, 3.05) is 50.5 Å². The van der Waals surface area contributed by atoms with Gasteiger partial charge in [0.05, 0.1) is 5.69 Å². The number of rotatable bonds is 8. The quantitative estimate of drug-likeness (QED) is 0.812. The van der Waals surface area contributed by atoms with E-state index in [0.717, 1.165) is 49.2 Å². The van der Waals surface area contributed by atoms with Gasteiger partial charge in [-0.05, 0) is 27.9 Å². The molecule has 0 fully saturated rings. The summed E-state index contributed by atoms with van der Waals surface area (Å²) in [4.78, 5) is 13.8. The summed E-state index contributed by atoms with van der Waals surface area (Å²) in [5.41, 5.74) is 2.06. The van der Waals surface area contributed by atoms with E-state index in [1.165, 1.54) is 0 Å². The summed E-state index contributed by atoms with van der Waals surface area (Å²) in [6, 6.07) is 12.3. The fourth-order valence-corrected chi connectivity index (χ4v) is 2.34. The molecule has 0 aliphatic rings.